The van der Waals surface area contributed by atoms with Gasteiger partial charge in [-0.1, -0.05) is 30.6 Å². The maximum Gasteiger partial charge on any atom is 0.326 e. The van der Waals surface area contributed by atoms with Gasteiger partial charge in [0.15, 0.2) is 11.5 Å². The number of carboxylic acid groups (broad SMARTS) is 1. The van der Waals surface area contributed by atoms with Gasteiger partial charge in [-0.2, -0.15) is 0 Å². The third kappa shape index (κ3) is 3.65. The van der Waals surface area contributed by atoms with Gasteiger partial charge in [-0.25, -0.2) is 4.79 Å². The topological polar surface area (TPSA) is 92.4 Å². The van der Waals surface area contributed by atoms with Crippen molar-refractivity contribution in [2.75, 3.05) is 0 Å². The van der Waals surface area contributed by atoms with Crippen molar-refractivity contribution in [3.05, 3.63) is 41.0 Å². The fourth-order valence-electron chi connectivity index (χ4n) is 1.86. The first-order valence-electron chi connectivity index (χ1n) is 6.65. The molecule has 0 spiro atoms. The Morgan fingerprint density at radius 3 is 2.45 bits per heavy atom. The molecule has 116 valence electrons. The molecule has 0 radical (unpaired) electrons. The average molecular weight is 323 g/mol. The normalized spacial score (nSPS) is 12.2. The number of nitrogens with zero attached hydrogens (tertiary/aromatic N) is 1. The van der Waals surface area contributed by atoms with Gasteiger partial charge in [0.2, 0.25) is 0 Å². The molecule has 1 heterocycles. The maximum absolute atomic E-state index is 12.0. The monoisotopic (exact) mass is 322 g/mol. The summed E-state index contributed by atoms with van der Waals surface area (Å²) in [6.45, 7) is 3.42. The van der Waals surface area contributed by atoms with E-state index in [1.165, 1.54) is 6.07 Å². The average Bonchev–Trinajstić information content (AvgIpc) is 2.94. The van der Waals surface area contributed by atoms with Gasteiger partial charge in [0.1, 0.15) is 6.04 Å². The molecule has 2 aromatic rings. The van der Waals surface area contributed by atoms with E-state index >= 15 is 0 Å². The minimum atomic E-state index is -1.09. The molecular weight excluding hydrogens is 308 g/mol. The Bertz CT molecular complexity index is 679. The fourth-order valence-corrected chi connectivity index (χ4v) is 1.99. The van der Waals surface area contributed by atoms with Crippen LogP contribution in [0.2, 0.25) is 5.02 Å². The molecule has 6 nitrogen and oxygen atoms in total. The number of nitrogens with one attached hydrogen (secondary N) is 1. The lowest BCUT2D eigenvalue weighted by molar-refractivity contribution is -0.140. The van der Waals surface area contributed by atoms with Crippen LogP contribution in [-0.4, -0.2) is 28.2 Å². The number of carboxylic acids is 1. The summed E-state index contributed by atoms with van der Waals surface area (Å²) in [5.41, 5.74) is 0.742. The predicted molar refractivity (Wildman–Crippen MR) is 80.7 cm³/mol. The Morgan fingerprint density at radius 1 is 1.27 bits per heavy atom. The lowest BCUT2D eigenvalue weighted by Crippen LogP contribution is -2.44. The number of hydrogen-bond acceptors (Lipinski definition) is 4. The van der Waals surface area contributed by atoms with Gasteiger partial charge in [-0.3, -0.25) is 4.79 Å². The highest BCUT2D eigenvalue weighted by molar-refractivity contribution is 6.30. The molecule has 0 aliphatic heterocycles. The van der Waals surface area contributed by atoms with Crippen LogP contribution < -0.4 is 5.32 Å². The lowest BCUT2D eigenvalue weighted by atomic mass is 10.0. The smallest absolute Gasteiger partial charge is 0.326 e. The van der Waals surface area contributed by atoms with E-state index in [2.05, 4.69) is 10.5 Å². The van der Waals surface area contributed by atoms with E-state index in [0.29, 0.717) is 10.8 Å². The SMILES string of the molecule is CC(C)[C@H](NC(=O)c1cc(-c2ccc(Cl)cc2)on1)C(=O)O. The molecule has 1 aromatic heterocycles. The molecule has 2 N–H and O–H groups in total. The Balaban J connectivity index is 2.15. The highest BCUT2D eigenvalue weighted by Crippen LogP contribution is 2.22. The number of amides is 1. The third-order valence-electron chi connectivity index (χ3n) is 3.09. The van der Waals surface area contributed by atoms with Crippen LogP contribution in [0, 0.1) is 5.92 Å². The van der Waals surface area contributed by atoms with Crippen LogP contribution in [0.15, 0.2) is 34.9 Å². The van der Waals surface area contributed by atoms with Gasteiger partial charge in [-0.05, 0) is 30.2 Å². The highest BCUT2D eigenvalue weighted by Gasteiger charge is 2.25. The Morgan fingerprint density at radius 2 is 1.91 bits per heavy atom. The van der Waals surface area contributed by atoms with Crippen molar-refractivity contribution in [3.8, 4) is 11.3 Å². The molecule has 0 aliphatic rings. The quantitative estimate of drug-likeness (QED) is 0.883. The van der Waals surface area contributed by atoms with Gasteiger partial charge >= 0.3 is 5.97 Å². The summed E-state index contributed by atoms with van der Waals surface area (Å²) in [5.74, 6) is -1.53. The van der Waals surface area contributed by atoms with Gasteiger partial charge < -0.3 is 14.9 Å². The molecule has 7 heteroatoms. The molecule has 0 aliphatic carbocycles. The third-order valence-corrected chi connectivity index (χ3v) is 3.34. The largest absolute Gasteiger partial charge is 0.480 e. The van der Waals surface area contributed by atoms with Crippen LogP contribution in [-0.2, 0) is 4.79 Å². The number of halogens is 1. The van der Waals surface area contributed by atoms with E-state index in [9.17, 15) is 9.59 Å². The number of rotatable bonds is 5. The van der Waals surface area contributed by atoms with E-state index in [1.54, 1.807) is 38.1 Å². The summed E-state index contributed by atoms with van der Waals surface area (Å²) in [7, 11) is 0. The molecule has 0 unspecified atom stereocenters. The van der Waals surface area contributed by atoms with Crippen molar-refractivity contribution in [2.24, 2.45) is 5.92 Å². The zero-order valence-electron chi connectivity index (χ0n) is 12.0. The highest BCUT2D eigenvalue weighted by atomic mass is 35.5. The summed E-state index contributed by atoms with van der Waals surface area (Å²) >= 11 is 5.81. The fraction of sp³-hybridized carbons (Fsp3) is 0.267. The standard InChI is InChI=1S/C15H15ClN2O4/c1-8(2)13(15(20)21)17-14(19)11-7-12(22-18-11)9-3-5-10(16)6-4-9/h3-8,13H,1-2H3,(H,17,19)(H,20,21)/t13-/m0/s1. The van der Waals surface area contributed by atoms with Crippen molar-refractivity contribution in [2.45, 2.75) is 19.9 Å². The summed E-state index contributed by atoms with van der Waals surface area (Å²) in [5, 5.41) is 15.8. The lowest BCUT2D eigenvalue weighted by Gasteiger charge is -2.16. The molecule has 0 fully saturated rings. The predicted octanol–water partition coefficient (Wildman–Crippen LogP) is 2.83. The first-order valence-corrected chi connectivity index (χ1v) is 7.02. The van der Waals surface area contributed by atoms with Gasteiger partial charge in [-0.15, -0.1) is 0 Å². The Labute approximate surface area is 132 Å². The molecule has 0 saturated carbocycles. The van der Waals surface area contributed by atoms with E-state index in [-0.39, 0.29) is 11.6 Å². The van der Waals surface area contributed by atoms with Crippen LogP contribution in [0.25, 0.3) is 11.3 Å². The number of aliphatic carboxylic acids is 1. The van der Waals surface area contributed by atoms with Gasteiger partial charge in [0.05, 0.1) is 0 Å². The van der Waals surface area contributed by atoms with Crippen molar-refractivity contribution in [1.29, 1.82) is 0 Å². The molecular formula is C15H15ClN2O4. The van der Waals surface area contributed by atoms with Crippen molar-refractivity contribution >= 4 is 23.5 Å². The second-order valence-corrected chi connectivity index (χ2v) is 5.55. The second kappa shape index (κ2) is 6.62. The molecule has 1 aromatic carbocycles. The zero-order chi connectivity index (χ0) is 16.3. The van der Waals surface area contributed by atoms with E-state index in [4.69, 9.17) is 21.2 Å². The molecule has 0 saturated heterocycles. The van der Waals surface area contributed by atoms with Crippen molar-refractivity contribution in [1.82, 2.24) is 10.5 Å². The van der Waals surface area contributed by atoms with Crippen LogP contribution in [0.3, 0.4) is 0 Å². The minimum Gasteiger partial charge on any atom is -0.480 e. The molecule has 22 heavy (non-hydrogen) atoms. The number of carbonyl (C=O) groups excluding carboxylic acids is 1. The molecule has 0 bridgehead atoms. The van der Waals surface area contributed by atoms with E-state index < -0.39 is 17.9 Å². The summed E-state index contributed by atoms with van der Waals surface area (Å²) in [4.78, 5) is 23.1. The molecule has 2 rings (SSSR count). The first kappa shape index (κ1) is 16.0. The Kier molecular flexibility index (Phi) is 4.82. The van der Waals surface area contributed by atoms with Crippen molar-refractivity contribution < 1.29 is 19.2 Å². The minimum absolute atomic E-state index is 0.0249. The summed E-state index contributed by atoms with van der Waals surface area (Å²) in [6.07, 6.45) is 0. The van der Waals surface area contributed by atoms with Gasteiger partial charge in [0.25, 0.3) is 5.91 Å². The number of benzene rings is 1. The van der Waals surface area contributed by atoms with Crippen LogP contribution in [0.1, 0.15) is 24.3 Å². The second-order valence-electron chi connectivity index (χ2n) is 5.12. The number of carbonyl (C=O) groups is 2. The van der Waals surface area contributed by atoms with Crippen LogP contribution in [0.4, 0.5) is 0 Å². The first-order chi connectivity index (χ1) is 10.4. The Hall–Kier alpha value is -2.34. The van der Waals surface area contributed by atoms with E-state index in [1.807, 2.05) is 0 Å². The van der Waals surface area contributed by atoms with Crippen LogP contribution >= 0.6 is 11.6 Å². The molecule has 1 atom stereocenters. The van der Waals surface area contributed by atoms with Crippen LogP contribution in [0.5, 0.6) is 0 Å². The zero-order valence-corrected chi connectivity index (χ0v) is 12.8. The van der Waals surface area contributed by atoms with Crippen molar-refractivity contribution in [3.63, 3.8) is 0 Å². The summed E-state index contributed by atoms with van der Waals surface area (Å²) in [6, 6.07) is 7.33. The van der Waals surface area contributed by atoms with E-state index in [0.717, 1.165) is 5.56 Å². The van der Waals surface area contributed by atoms with Gasteiger partial charge in [0, 0.05) is 16.7 Å². The number of hydrogen-bond donors (Lipinski definition) is 2. The summed E-state index contributed by atoms with van der Waals surface area (Å²) < 4.78 is 5.11. The molecule has 1 amide bonds. The maximum atomic E-state index is 12.0. The number of aromatic nitrogens is 1.